The number of hydrogen-bond donors (Lipinski definition) is 0. The van der Waals surface area contributed by atoms with Gasteiger partial charge in [-0.25, -0.2) is 4.98 Å². The van der Waals surface area contributed by atoms with Crippen LogP contribution in [0.1, 0.15) is 17.3 Å². The average Bonchev–Trinajstić information content (AvgIpc) is 2.42. The molecule has 0 spiro atoms. The first kappa shape index (κ1) is 10.1. The van der Waals surface area contributed by atoms with Gasteiger partial charge in [-0.05, 0) is 35.0 Å². The van der Waals surface area contributed by atoms with Crippen LogP contribution < -0.4 is 0 Å². The van der Waals surface area contributed by atoms with Crippen molar-refractivity contribution in [3.8, 4) is 0 Å². The first-order valence-corrected chi connectivity index (χ1v) is 5.83. The first-order valence-electron chi connectivity index (χ1n) is 3.84. The maximum absolute atomic E-state index is 11.2. The molecular formula is C9H5BrClNOS. The van der Waals surface area contributed by atoms with Crippen LogP contribution >= 0.6 is 38.9 Å². The van der Waals surface area contributed by atoms with E-state index in [9.17, 15) is 4.79 Å². The van der Waals surface area contributed by atoms with Gasteiger partial charge in [0.1, 0.15) is 9.98 Å². The summed E-state index contributed by atoms with van der Waals surface area (Å²) < 4.78 is 0.983. The molecule has 2 heterocycles. The van der Waals surface area contributed by atoms with Gasteiger partial charge >= 0.3 is 0 Å². The van der Waals surface area contributed by atoms with Crippen LogP contribution in [0.5, 0.6) is 0 Å². The number of pyridine rings is 1. The molecule has 0 saturated carbocycles. The van der Waals surface area contributed by atoms with Crippen molar-refractivity contribution in [1.29, 1.82) is 0 Å². The zero-order chi connectivity index (χ0) is 10.3. The maximum atomic E-state index is 11.2. The molecule has 0 aliphatic heterocycles. The number of rotatable bonds is 1. The van der Waals surface area contributed by atoms with Gasteiger partial charge in [0.2, 0.25) is 0 Å². The van der Waals surface area contributed by atoms with Crippen molar-refractivity contribution in [3.05, 3.63) is 26.6 Å². The molecule has 2 rings (SSSR count). The summed E-state index contributed by atoms with van der Waals surface area (Å²) in [5.41, 5.74) is 0.476. The van der Waals surface area contributed by atoms with Crippen LogP contribution in [0.2, 0.25) is 5.15 Å². The highest BCUT2D eigenvalue weighted by Crippen LogP contribution is 2.31. The van der Waals surface area contributed by atoms with Gasteiger partial charge in [0.15, 0.2) is 5.78 Å². The first-order chi connectivity index (χ1) is 6.58. The van der Waals surface area contributed by atoms with E-state index in [0.29, 0.717) is 5.56 Å². The van der Waals surface area contributed by atoms with E-state index in [2.05, 4.69) is 20.9 Å². The van der Waals surface area contributed by atoms with Crippen LogP contribution in [-0.4, -0.2) is 10.8 Å². The molecule has 0 radical (unpaired) electrons. The molecular weight excluding hydrogens is 286 g/mol. The van der Waals surface area contributed by atoms with Crippen LogP contribution in [0.25, 0.3) is 10.2 Å². The van der Waals surface area contributed by atoms with Gasteiger partial charge < -0.3 is 0 Å². The molecule has 0 unspecified atom stereocenters. The zero-order valence-electron chi connectivity index (χ0n) is 7.17. The number of halogens is 2. The zero-order valence-corrected chi connectivity index (χ0v) is 10.3. The highest BCUT2D eigenvalue weighted by molar-refractivity contribution is 9.11. The number of carbonyl (C=O) groups is 1. The molecule has 2 aromatic rings. The maximum Gasteiger partial charge on any atom is 0.162 e. The Kier molecular flexibility index (Phi) is 2.60. The number of carbonyl (C=O) groups excluding carboxylic acids is 1. The third-order valence-electron chi connectivity index (χ3n) is 1.81. The van der Waals surface area contributed by atoms with Gasteiger partial charge in [0.05, 0.1) is 9.35 Å². The molecule has 0 atom stereocenters. The van der Waals surface area contributed by atoms with Crippen molar-refractivity contribution in [2.24, 2.45) is 0 Å². The Balaban J connectivity index is 2.76. The molecule has 14 heavy (non-hydrogen) atoms. The Morgan fingerprint density at radius 2 is 2.29 bits per heavy atom. The second kappa shape index (κ2) is 3.61. The van der Waals surface area contributed by atoms with Gasteiger partial charge in [0.25, 0.3) is 0 Å². The van der Waals surface area contributed by atoms with Crippen molar-refractivity contribution < 1.29 is 4.79 Å². The van der Waals surface area contributed by atoms with Gasteiger partial charge in [-0.3, -0.25) is 4.79 Å². The Hall–Kier alpha value is -0.450. The number of Topliss-reactive ketones (excluding diaryl/α,β-unsaturated/α-hetero) is 1. The molecule has 0 aromatic carbocycles. The van der Waals surface area contributed by atoms with Crippen molar-refractivity contribution >= 4 is 54.9 Å². The molecule has 2 nitrogen and oxygen atoms in total. The number of aromatic nitrogens is 1. The molecule has 5 heteroatoms. The van der Waals surface area contributed by atoms with Gasteiger partial charge in [0, 0.05) is 5.39 Å². The average molecular weight is 291 g/mol. The summed E-state index contributed by atoms with van der Waals surface area (Å²) in [7, 11) is 0. The summed E-state index contributed by atoms with van der Waals surface area (Å²) in [6.45, 7) is 1.48. The van der Waals surface area contributed by atoms with Crippen molar-refractivity contribution in [3.63, 3.8) is 0 Å². The summed E-state index contributed by atoms with van der Waals surface area (Å²) in [6, 6.07) is 3.70. The van der Waals surface area contributed by atoms with Crippen molar-refractivity contribution in [2.75, 3.05) is 0 Å². The number of hydrogen-bond acceptors (Lipinski definition) is 3. The summed E-state index contributed by atoms with van der Waals surface area (Å²) in [5, 5.41) is 1.22. The predicted molar refractivity (Wildman–Crippen MR) is 62.3 cm³/mol. The lowest BCUT2D eigenvalue weighted by Gasteiger charge is -1.98. The molecule has 72 valence electrons. The van der Waals surface area contributed by atoms with E-state index in [1.165, 1.54) is 18.3 Å². The van der Waals surface area contributed by atoms with Crippen LogP contribution in [0.15, 0.2) is 15.9 Å². The smallest absolute Gasteiger partial charge is 0.162 e. The number of thiophene rings is 1. The second-order valence-electron chi connectivity index (χ2n) is 2.83. The van der Waals surface area contributed by atoms with Crippen LogP contribution in [0, 0.1) is 0 Å². The SMILES string of the molecule is CC(=O)c1cc2cc(Br)sc2nc1Cl. The lowest BCUT2D eigenvalue weighted by atomic mass is 10.2. The van der Waals surface area contributed by atoms with Crippen LogP contribution in [0.4, 0.5) is 0 Å². The minimum Gasteiger partial charge on any atom is -0.294 e. The molecule has 0 aliphatic rings. The Morgan fingerprint density at radius 1 is 1.57 bits per heavy atom. The van der Waals surface area contributed by atoms with E-state index < -0.39 is 0 Å². The Bertz CT molecular complexity index is 523. The van der Waals surface area contributed by atoms with E-state index in [1.807, 2.05) is 6.07 Å². The third-order valence-corrected chi connectivity index (χ3v) is 3.65. The van der Waals surface area contributed by atoms with E-state index in [-0.39, 0.29) is 10.9 Å². The third kappa shape index (κ3) is 1.69. The van der Waals surface area contributed by atoms with E-state index >= 15 is 0 Å². The highest BCUT2D eigenvalue weighted by atomic mass is 79.9. The topological polar surface area (TPSA) is 30.0 Å². The fourth-order valence-electron chi connectivity index (χ4n) is 1.17. The minimum absolute atomic E-state index is 0.0632. The van der Waals surface area contributed by atoms with E-state index in [4.69, 9.17) is 11.6 Å². The quantitative estimate of drug-likeness (QED) is 0.588. The number of ketones is 1. The lowest BCUT2D eigenvalue weighted by molar-refractivity contribution is 0.101. The highest BCUT2D eigenvalue weighted by Gasteiger charge is 2.10. The van der Waals surface area contributed by atoms with Gasteiger partial charge in [-0.15, -0.1) is 11.3 Å². The predicted octanol–water partition coefficient (Wildman–Crippen LogP) is 3.91. The van der Waals surface area contributed by atoms with Gasteiger partial charge in [-0.2, -0.15) is 0 Å². The Labute approximate surface area is 98.0 Å². The molecule has 0 saturated heterocycles. The summed E-state index contributed by atoms with van der Waals surface area (Å²) in [5.74, 6) is -0.0632. The summed E-state index contributed by atoms with van der Waals surface area (Å²) >= 11 is 10.7. The monoisotopic (exact) mass is 289 g/mol. The fourth-order valence-corrected chi connectivity index (χ4v) is 2.94. The molecule has 2 aromatic heterocycles. The Morgan fingerprint density at radius 3 is 2.93 bits per heavy atom. The van der Waals surface area contributed by atoms with E-state index in [1.54, 1.807) is 6.07 Å². The van der Waals surface area contributed by atoms with E-state index in [0.717, 1.165) is 14.0 Å². The summed E-state index contributed by atoms with van der Waals surface area (Å²) in [6.07, 6.45) is 0. The number of fused-ring (bicyclic) bond motifs is 1. The van der Waals surface area contributed by atoms with Crippen molar-refractivity contribution in [1.82, 2.24) is 4.98 Å². The normalized spacial score (nSPS) is 10.8. The lowest BCUT2D eigenvalue weighted by Crippen LogP contribution is -1.94. The van der Waals surface area contributed by atoms with Crippen LogP contribution in [-0.2, 0) is 0 Å². The van der Waals surface area contributed by atoms with Crippen LogP contribution in [0.3, 0.4) is 0 Å². The molecule has 0 bridgehead atoms. The minimum atomic E-state index is -0.0632. The summed E-state index contributed by atoms with van der Waals surface area (Å²) in [4.78, 5) is 16.2. The second-order valence-corrected chi connectivity index (χ2v) is 5.60. The molecule has 0 aliphatic carbocycles. The number of nitrogens with zero attached hydrogens (tertiary/aromatic N) is 1. The molecule has 0 fully saturated rings. The molecule has 0 amide bonds. The fraction of sp³-hybridized carbons (Fsp3) is 0.111. The standard InChI is InChI=1S/C9H5BrClNOS/c1-4(13)6-2-5-3-7(10)14-9(5)12-8(6)11/h2-3H,1H3. The van der Waals surface area contributed by atoms with Gasteiger partial charge in [-0.1, -0.05) is 11.6 Å². The molecule has 0 N–H and O–H groups in total. The largest absolute Gasteiger partial charge is 0.294 e. The van der Waals surface area contributed by atoms with Crippen molar-refractivity contribution in [2.45, 2.75) is 6.92 Å².